The van der Waals surface area contributed by atoms with Crippen molar-refractivity contribution in [3.8, 4) is 0 Å². The van der Waals surface area contributed by atoms with Crippen LogP contribution in [-0.2, 0) is 4.79 Å². The normalized spacial score (nSPS) is 13.2. The molecule has 2 nitrogen and oxygen atoms in total. The summed E-state index contributed by atoms with van der Waals surface area (Å²) in [5.74, 6) is 1.02. The SMILES string of the molecule is CNC(=O)[C@@H](C)CCC(C)C. The number of amides is 1. The molecule has 0 aliphatic carbocycles. The summed E-state index contributed by atoms with van der Waals surface area (Å²) in [6.45, 7) is 6.33. The van der Waals surface area contributed by atoms with Gasteiger partial charge in [0.1, 0.15) is 0 Å². The molecule has 0 bridgehead atoms. The van der Waals surface area contributed by atoms with Crippen molar-refractivity contribution in [1.29, 1.82) is 0 Å². The maximum atomic E-state index is 11.0. The van der Waals surface area contributed by atoms with E-state index in [9.17, 15) is 4.79 Å². The van der Waals surface area contributed by atoms with Crippen molar-refractivity contribution in [3.05, 3.63) is 0 Å². The molecule has 2 heteroatoms. The van der Waals surface area contributed by atoms with Gasteiger partial charge < -0.3 is 5.32 Å². The van der Waals surface area contributed by atoms with Crippen LogP contribution >= 0.6 is 0 Å². The highest BCUT2D eigenvalue weighted by Gasteiger charge is 2.10. The summed E-state index contributed by atoms with van der Waals surface area (Å²) >= 11 is 0. The molecule has 0 rings (SSSR count). The van der Waals surface area contributed by atoms with Gasteiger partial charge in [-0.1, -0.05) is 27.2 Å². The van der Waals surface area contributed by atoms with Gasteiger partial charge in [-0.2, -0.15) is 0 Å². The standard InChI is InChI=1S/C9H19NO/c1-7(2)5-6-8(3)9(11)10-4/h7-8H,5-6H2,1-4H3,(H,10,11)/t8-/m0/s1. The maximum absolute atomic E-state index is 11.0. The topological polar surface area (TPSA) is 29.1 Å². The smallest absolute Gasteiger partial charge is 0.222 e. The largest absolute Gasteiger partial charge is 0.359 e. The van der Waals surface area contributed by atoms with Crippen molar-refractivity contribution < 1.29 is 4.79 Å². The Bertz CT molecular complexity index is 121. The summed E-state index contributed by atoms with van der Waals surface area (Å²) in [5, 5.41) is 2.65. The summed E-state index contributed by atoms with van der Waals surface area (Å²) in [6.07, 6.45) is 2.13. The zero-order valence-electron chi connectivity index (χ0n) is 7.98. The molecule has 0 aromatic heterocycles. The van der Waals surface area contributed by atoms with Gasteiger partial charge in [0.15, 0.2) is 0 Å². The average Bonchev–Trinajstić information content (AvgIpc) is 1.98. The van der Waals surface area contributed by atoms with E-state index in [1.807, 2.05) is 6.92 Å². The third-order valence-electron chi connectivity index (χ3n) is 1.87. The van der Waals surface area contributed by atoms with Gasteiger partial charge in [-0.05, 0) is 12.3 Å². The molecule has 11 heavy (non-hydrogen) atoms. The number of carbonyl (C=O) groups is 1. The molecule has 0 radical (unpaired) electrons. The Morgan fingerprint density at radius 1 is 1.27 bits per heavy atom. The van der Waals surface area contributed by atoms with Gasteiger partial charge in [-0.15, -0.1) is 0 Å². The molecule has 66 valence electrons. The molecule has 0 fully saturated rings. The second kappa shape index (κ2) is 5.16. The van der Waals surface area contributed by atoms with Crippen LogP contribution < -0.4 is 5.32 Å². The highest BCUT2D eigenvalue weighted by Crippen LogP contribution is 2.11. The van der Waals surface area contributed by atoms with E-state index in [1.54, 1.807) is 7.05 Å². The number of rotatable bonds is 4. The lowest BCUT2D eigenvalue weighted by Gasteiger charge is -2.10. The van der Waals surface area contributed by atoms with Gasteiger partial charge >= 0.3 is 0 Å². The Kier molecular flexibility index (Phi) is 4.92. The summed E-state index contributed by atoms with van der Waals surface area (Å²) in [4.78, 5) is 11.0. The predicted molar refractivity (Wildman–Crippen MR) is 47.3 cm³/mol. The first kappa shape index (κ1) is 10.5. The van der Waals surface area contributed by atoms with Gasteiger partial charge in [0, 0.05) is 13.0 Å². The predicted octanol–water partition coefficient (Wildman–Crippen LogP) is 1.80. The lowest BCUT2D eigenvalue weighted by Crippen LogP contribution is -2.25. The van der Waals surface area contributed by atoms with Crippen molar-refractivity contribution >= 4 is 5.91 Å². The van der Waals surface area contributed by atoms with E-state index in [0.29, 0.717) is 5.92 Å². The average molecular weight is 157 g/mol. The third-order valence-corrected chi connectivity index (χ3v) is 1.87. The van der Waals surface area contributed by atoms with E-state index in [0.717, 1.165) is 12.8 Å². The number of hydrogen-bond donors (Lipinski definition) is 1. The van der Waals surface area contributed by atoms with Crippen LogP contribution in [0.4, 0.5) is 0 Å². The van der Waals surface area contributed by atoms with Gasteiger partial charge in [0.05, 0.1) is 0 Å². The molecule has 0 aromatic carbocycles. The zero-order chi connectivity index (χ0) is 8.85. The quantitative estimate of drug-likeness (QED) is 0.662. The highest BCUT2D eigenvalue weighted by atomic mass is 16.1. The summed E-state index contributed by atoms with van der Waals surface area (Å²) in [7, 11) is 1.69. The monoisotopic (exact) mass is 157 g/mol. The minimum Gasteiger partial charge on any atom is -0.359 e. The Morgan fingerprint density at radius 2 is 1.82 bits per heavy atom. The fraction of sp³-hybridized carbons (Fsp3) is 0.889. The van der Waals surface area contributed by atoms with Gasteiger partial charge in [-0.25, -0.2) is 0 Å². The molecule has 0 heterocycles. The molecule has 0 aliphatic rings. The summed E-state index contributed by atoms with van der Waals surface area (Å²) < 4.78 is 0. The van der Waals surface area contributed by atoms with E-state index >= 15 is 0 Å². The van der Waals surface area contributed by atoms with E-state index in [4.69, 9.17) is 0 Å². The fourth-order valence-electron chi connectivity index (χ4n) is 0.961. The molecule has 0 aliphatic heterocycles. The Labute approximate surface area is 69.4 Å². The third kappa shape index (κ3) is 4.82. The van der Waals surface area contributed by atoms with E-state index in [1.165, 1.54) is 0 Å². The molecule has 1 N–H and O–H groups in total. The second-order valence-electron chi connectivity index (χ2n) is 3.49. The van der Waals surface area contributed by atoms with E-state index in [-0.39, 0.29) is 11.8 Å². The highest BCUT2D eigenvalue weighted by molar-refractivity contribution is 5.77. The maximum Gasteiger partial charge on any atom is 0.222 e. The van der Waals surface area contributed by atoms with E-state index < -0.39 is 0 Å². The molecule has 1 atom stereocenters. The molecular weight excluding hydrogens is 138 g/mol. The van der Waals surface area contributed by atoms with Crippen LogP contribution in [0.1, 0.15) is 33.6 Å². The second-order valence-corrected chi connectivity index (χ2v) is 3.49. The Balaban J connectivity index is 3.52. The minimum atomic E-state index is 0.158. The van der Waals surface area contributed by atoms with Crippen LogP contribution in [0.5, 0.6) is 0 Å². The van der Waals surface area contributed by atoms with Crippen LogP contribution in [0.25, 0.3) is 0 Å². The molecule has 0 aromatic rings. The lowest BCUT2D eigenvalue weighted by atomic mass is 9.99. The number of nitrogens with one attached hydrogen (secondary N) is 1. The zero-order valence-corrected chi connectivity index (χ0v) is 7.98. The Morgan fingerprint density at radius 3 is 2.18 bits per heavy atom. The molecule has 0 spiro atoms. The molecule has 0 saturated carbocycles. The van der Waals surface area contributed by atoms with Gasteiger partial charge in [0.2, 0.25) is 5.91 Å². The van der Waals surface area contributed by atoms with Gasteiger partial charge in [0.25, 0.3) is 0 Å². The first-order valence-electron chi connectivity index (χ1n) is 4.29. The van der Waals surface area contributed by atoms with Crippen LogP contribution in [0.15, 0.2) is 0 Å². The number of carbonyl (C=O) groups excluding carboxylic acids is 1. The number of hydrogen-bond acceptors (Lipinski definition) is 1. The molecule has 0 unspecified atom stereocenters. The molecule has 0 saturated heterocycles. The van der Waals surface area contributed by atoms with Crippen molar-refractivity contribution in [2.24, 2.45) is 11.8 Å². The summed E-state index contributed by atoms with van der Waals surface area (Å²) in [6, 6.07) is 0. The van der Waals surface area contributed by atoms with Crippen molar-refractivity contribution in [3.63, 3.8) is 0 Å². The summed E-state index contributed by atoms with van der Waals surface area (Å²) in [5.41, 5.74) is 0. The Hall–Kier alpha value is -0.530. The van der Waals surface area contributed by atoms with Crippen LogP contribution in [0, 0.1) is 11.8 Å². The van der Waals surface area contributed by atoms with E-state index in [2.05, 4.69) is 19.2 Å². The minimum absolute atomic E-state index is 0.158. The first-order chi connectivity index (χ1) is 5.07. The van der Waals surface area contributed by atoms with Gasteiger partial charge in [-0.3, -0.25) is 4.79 Å². The fourth-order valence-corrected chi connectivity index (χ4v) is 0.961. The lowest BCUT2D eigenvalue weighted by molar-refractivity contribution is -0.124. The van der Waals surface area contributed by atoms with Crippen LogP contribution in [0.3, 0.4) is 0 Å². The van der Waals surface area contributed by atoms with Crippen LogP contribution in [0.2, 0.25) is 0 Å². The van der Waals surface area contributed by atoms with Crippen LogP contribution in [-0.4, -0.2) is 13.0 Å². The molecular formula is C9H19NO. The van der Waals surface area contributed by atoms with Crippen molar-refractivity contribution in [2.75, 3.05) is 7.05 Å². The molecule has 1 amide bonds. The van der Waals surface area contributed by atoms with Crippen molar-refractivity contribution in [1.82, 2.24) is 5.32 Å². The van der Waals surface area contributed by atoms with Crippen molar-refractivity contribution in [2.45, 2.75) is 33.6 Å². The first-order valence-corrected chi connectivity index (χ1v) is 4.29.